The molecule has 0 unspecified atom stereocenters. The number of phenolic OH excluding ortho intramolecular Hbond substituents is 1. The van der Waals surface area contributed by atoms with E-state index in [1.165, 1.54) is 0 Å². The molecule has 0 aromatic heterocycles. The monoisotopic (exact) mass is 559 g/mol. The highest BCUT2D eigenvalue weighted by molar-refractivity contribution is 5.91. The lowest BCUT2D eigenvalue weighted by atomic mass is 9.94. The zero-order valence-electron chi connectivity index (χ0n) is 23.4. The van der Waals surface area contributed by atoms with E-state index in [0.29, 0.717) is 38.9 Å². The molecule has 3 atom stereocenters. The molecule has 1 heterocycles. The number of hydrogen-bond donors (Lipinski definition) is 5. The molecular formula is C32H41N5O4. The van der Waals surface area contributed by atoms with Crippen LogP contribution in [0.4, 0.5) is 0 Å². The molecule has 0 spiro atoms. The smallest absolute Gasteiger partial charge is 0.239 e. The number of carbonyl (C=O) groups is 3. The minimum Gasteiger partial charge on any atom is -0.508 e. The number of nitrogens with zero attached hydrogens (tertiary/aromatic N) is 1. The van der Waals surface area contributed by atoms with Crippen molar-refractivity contribution in [2.45, 2.75) is 38.1 Å². The molecule has 4 rings (SSSR count). The second kappa shape index (κ2) is 14.6. The number of nitrogens with two attached hydrogens (primary N) is 2. The van der Waals surface area contributed by atoms with Crippen LogP contribution in [0.2, 0.25) is 0 Å². The summed E-state index contributed by atoms with van der Waals surface area (Å²) in [5.41, 5.74) is 13.9. The maximum Gasteiger partial charge on any atom is 0.239 e. The number of unbranched alkanes of at least 4 members (excludes halogenated alkanes) is 1. The van der Waals surface area contributed by atoms with Gasteiger partial charge >= 0.3 is 0 Å². The number of hydrogen-bond acceptors (Lipinski definition) is 6. The standard InChI is InChI=1S/C32H41N5O4/c33-16-3-4-17-35-30(39)27-20-37(32(41)29(34)14-10-22-8-12-26(38)13-9-22)21-28(27)31(40)36-18-15-23-7-11-24-5-1-2-6-25(24)19-23/h1-2,5-9,11-13,19,27-29,38H,3-4,10,14-18,20-21,33-34H2,(H,35,39)(H,36,40)/t27-,28-,29+/m1/s1. The fourth-order valence-electron chi connectivity index (χ4n) is 5.33. The number of aryl methyl sites for hydroxylation is 1. The summed E-state index contributed by atoms with van der Waals surface area (Å²) in [4.78, 5) is 41.2. The average molecular weight is 560 g/mol. The van der Waals surface area contributed by atoms with Gasteiger partial charge in [0.2, 0.25) is 17.7 Å². The third-order valence-electron chi connectivity index (χ3n) is 7.76. The Kier molecular flexibility index (Phi) is 10.7. The highest BCUT2D eigenvalue weighted by Gasteiger charge is 2.44. The van der Waals surface area contributed by atoms with E-state index in [4.69, 9.17) is 11.5 Å². The number of benzene rings is 3. The average Bonchev–Trinajstić information content (AvgIpc) is 3.44. The first kappa shape index (κ1) is 30.0. The molecule has 9 nitrogen and oxygen atoms in total. The zero-order valence-corrected chi connectivity index (χ0v) is 23.4. The first-order valence-electron chi connectivity index (χ1n) is 14.4. The summed E-state index contributed by atoms with van der Waals surface area (Å²) in [7, 11) is 0. The summed E-state index contributed by atoms with van der Waals surface area (Å²) < 4.78 is 0. The molecule has 3 amide bonds. The summed E-state index contributed by atoms with van der Waals surface area (Å²) in [5, 5.41) is 17.7. The lowest BCUT2D eigenvalue weighted by Crippen LogP contribution is -2.43. The van der Waals surface area contributed by atoms with Crippen LogP contribution in [-0.2, 0) is 27.2 Å². The number of amides is 3. The number of fused-ring (bicyclic) bond motifs is 1. The topological polar surface area (TPSA) is 151 Å². The Morgan fingerprint density at radius 2 is 1.46 bits per heavy atom. The van der Waals surface area contributed by atoms with Gasteiger partial charge in [0, 0.05) is 26.2 Å². The van der Waals surface area contributed by atoms with Crippen LogP contribution in [0.5, 0.6) is 5.75 Å². The summed E-state index contributed by atoms with van der Waals surface area (Å²) >= 11 is 0. The van der Waals surface area contributed by atoms with E-state index in [1.807, 2.05) is 12.1 Å². The van der Waals surface area contributed by atoms with Crippen LogP contribution in [-0.4, -0.2) is 66.5 Å². The van der Waals surface area contributed by atoms with E-state index in [2.05, 4.69) is 41.0 Å². The highest BCUT2D eigenvalue weighted by Crippen LogP contribution is 2.25. The van der Waals surface area contributed by atoms with Gasteiger partial charge in [0.25, 0.3) is 0 Å². The molecule has 3 aromatic rings. The molecule has 1 aliphatic heterocycles. The van der Waals surface area contributed by atoms with Gasteiger partial charge in [0.15, 0.2) is 0 Å². The Bertz CT molecular complexity index is 1330. The van der Waals surface area contributed by atoms with Gasteiger partial charge in [0.1, 0.15) is 5.75 Å². The number of likely N-dealkylation sites (tertiary alicyclic amines) is 1. The van der Waals surface area contributed by atoms with Crippen molar-refractivity contribution < 1.29 is 19.5 Å². The molecule has 41 heavy (non-hydrogen) atoms. The van der Waals surface area contributed by atoms with Crippen LogP contribution >= 0.6 is 0 Å². The number of aromatic hydroxyl groups is 1. The molecule has 9 heteroatoms. The fraction of sp³-hybridized carbons (Fsp3) is 0.406. The van der Waals surface area contributed by atoms with Crippen molar-refractivity contribution in [2.75, 3.05) is 32.7 Å². The maximum atomic E-state index is 13.3. The lowest BCUT2D eigenvalue weighted by Gasteiger charge is -2.21. The molecular weight excluding hydrogens is 518 g/mol. The van der Waals surface area contributed by atoms with Crippen LogP contribution in [0.3, 0.4) is 0 Å². The van der Waals surface area contributed by atoms with Gasteiger partial charge in [-0.1, -0.05) is 54.6 Å². The Morgan fingerprint density at radius 3 is 2.15 bits per heavy atom. The molecule has 0 aliphatic carbocycles. The zero-order chi connectivity index (χ0) is 29.2. The number of phenols is 1. The Labute approximate surface area is 241 Å². The second-order valence-corrected chi connectivity index (χ2v) is 10.8. The van der Waals surface area contributed by atoms with Gasteiger partial charge in [0.05, 0.1) is 17.9 Å². The predicted octanol–water partition coefficient (Wildman–Crippen LogP) is 2.09. The Balaban J connectivity index is 1.36. The van der Waals surface area contributed by atoms with Crippen LogP contribution in [0, 0.1) is 11.8 Å². The SMILES string of the molecule is NCCCCNC(=O)[C@@H]1CN(C(=O)[C@@H](N)CCc2ccc(O)cc2)C[C@H]1C(=O)NCCc1ccc2ccccc2c1. The van der Waals surface area contributed by atoms with E-state index in [0.717, 1.165) is 34.7 Å². The normalized spacial score (nSPS) is 17.4. The summed E-state index contributed by atoms with van der Waals surface area (Å²) in [6.07, 6.45) is 3.19. The summed E-state index contributed by atoms with van der Waals surface area (Å²) in [5.74, 6) is -1.86. The number of carbonyl (C=O) groups excluding carboxylic acids is 3. The van der Waals surface area contributed by atoms with Crippen molar-refractivity contribution >= 4 is 28.5 Å². The van der Waals surface area contributed by atoms with Gasteiger partial charge < -0.3 is 32.1 Å². The van der Waals surface area contributed by atoms with Crippen LogP contribution in [0.1, 0.15) is 30.4 Å². The van der Waals surface area contributed by atoms with E-state index in [-0.39, 0.29) is 36.6 Å². The van der Waals surface area contributed by atoms with Crippen molar-refractivity contribution in [1.82, 2.24) is 15.5 Å². The largest absolute Gasteiger partial charge is 0.508 e. The highest BCUT2D eigenvalue weighted by atomic mass is 16.3. The van der Waals surface area contributed by atoms with Gasteiger partial charge in [-0.15, -0.1) is 0 Å². The predicted molar refractivity (Wildman–Crippen MR) is 160 cm³/mol. The third-order valence-corrected chi connectivity index (χ3v) is 7.76. The van der Waals surface area contributed by atoms with Crippen molar-refractivity contribution in [3.8, 4) is 5.75 Å². The minimum absolute atomic E-state index is 0.147. The quantitative estimate of drug-likeness (QED) is 0.202. The van der Waals surface area contributed by atoms with Gasteiger partial charge in [-0.2, -0.15) is 0 Å². The maximum absolute atomic E-state index is 13.3. The van der Waals surface area contributed by atoms with Crippen LogP contribution in [0.15, 0.2) is 66.7 Å². The number of nitrogens with one attached hydrogen (secondary N) is 2. The van der Waals surface area contributed by atoms with E-state index >= 15 is 0 Å². The first-order valence-corrected chi connectivity index (χ1v) is 14.4. The molecule has 3 aromatic carbocycles. The number of rotatable bonds is 13. The molecule has 7 N–H and O–H groups in total. The molecule has 218 valence electrons. The van der Waals surface area contributed by atoms with Crippen molar-refractivity contribution in [2.24, 2.45) is 23.3 Å². The van der Waals surface area contributed by atoms with Crippen LogP contribution in [0.25, 0.3) is 10.8 Å². The lowest BCUT2D eigenvalue weighted by molar-refractivity contribution is -0.132. The molecule has 1 aliphatic rings. The first-order chi connectivity index (χ1) is 19.9. The molecule has 0 saturated carbocycles. The van der Waals surface area contributed by atoms with Gasteiger partial charge in [-0.25, -0.2) is 0 Å². The molecule has 1 fully saturated rings. The molecule has 0 bridgehead atoms. The Hall–Kier alpha value is -3.95. The van der Waals surface area contributed by atoms with E-state index in [9.17, 15) is 19.5 Å². The Morgan fingerprint density at radius 1 is 0.829 bits per heavy atom. The minimum atomic E-state index is -0.758. The third kappa shape index (κ3) is 8.28. The summed E-state index contributed by atoms with van der Waals surface area (Å²) in [6.45, 7) is 1.75. The van der Waals surface area contributed by atoms with Crippen molar-refractivity contribution in [3.63, 3.8) is 0 Å². The van der Waals surface area contributed by atoms with Gasteiger partial charge in [-0.3, -0.25) is 14.4 Å². The second-order valence-electron chi connectivity index (χ2n) is 10.8. The van der Waals surface area contributed by atoms with E-state index in [1.54, 1.807) is 29.2 Å². The molecule has 0 radical (unpaired) electrons. The molecule has 1 saturated heterocycles. The van der Waals surface area contributed by atoms with Gasteiger partial charge in [-0.05, 0) is 72.7 Å². The van der Waals surface area contributed by atoms with Crippen molar-refractivity contribution in [1.29, 1.82) is 0 Å². The van der Waals surface area contributed by atoms with Crippen LogP contribution < -0.4 is 22.1 Å². The summed E-state index contributed by atoms with van der Waals surface area (Å²) in [6, 6.07) is 20.4. The van der Waals surface area contributed by atoms with E-state index < -0.39 is 17.9 Å². The van der Waals surface area contributed by atoms with Crippen molar-refractivity contribution in [3.05, 3.63) is 77.9 Å². The fourth-order valence-corrected chi connectivity index (χ4v) is 5.33.